The molecular formula is C25H24ClN2O2Sn. The van der Waals surface area contributed by atoms with Crippen molar-refractivity contribution < 1.29 is 9.90 Å². The molecule has 0 amide bonds. The summed E-state index contributed by atoms with van der Waals surface area (Å²) in [5.74, 6) is -1.02. The second-order valence-electron chi connectivity index (χ2n) is 6.87. The third kappa shape index (κ3) is 5.77. The summed E-state index contributed by atoms with van der Waals surface area (Å²) >= 11 is 3.73. The van der Waals surface area contributed by atoms with Gasteiger partial charge in [-0.15, -0.1) is 0 Å². The van der Waals surface area contributed by atoms with E-state index in [1.54, 1.807) is 7.05 Å². The molecule has 0 atom stereocenters. The van der Waals surface area contributed by atoms with Gasteiger partial charge in [-0.25, -0.2) is 4.79 Å². The van der Waals surface area contributed by atoms with Gasteiger partial charge in [-0.3, -0.25) is 4.68 Å². The Labute approximate surface area is 194 Å². The first-order valence-electron chi connectivity index (χ1n) is 10.0. The summed E-state index contributed by atoms with van der Waals surface area (Å²) in [5.41, 5.74) is 0.636. The maximum absolute atomic E-state index is 10.7. The molecule has 1 N–H and O–H groups in total. The Hall–Kier alpha value is -2.57. The average Bonchev–Trinajstić information content (AvgIpc) is 3.10. The van der Waals surface area contributed by atoms with Crippen molar-refractivity contribution >= 4 is 48.1 Å². The van der Waals surface area contributed by atoms with Gasteiger partial charge in [0.05, 0.1) is 5.69 Å². The molecule has 0 aliphatic rings. The van der Waals surface area contributed by atoms with Crippen molar-refractivity contribution in [3.05, 3.63) is 107 Å². The summed E-state index contributed by atoms with van der Waals surface area (Å²) in [7, 11) is 1.62. The van der Waals surface area contributed by atoms with Gasteiger partial charge in [0.25, 0.3) is 0 Å². The molecule has 0 saturated heterocycles. The Balaban J connectivity index is 0.000000196. The van der Waals surface area contributed by atoms with Crippen molar-refractivity contribution in [3.63, 3.8) is 0 Å². The number of benzene rings is 3. The predicted octanol–water partition coefficient (Wildman–Crippen LogP) is 3.54. The van der Waals surface area contributed by atoms with Crippen LogP contribution in [0.1, 0.15) is 23.0 Å². The number of rotatable bonds is 5. The van der Waals surface area contributed by atoms with Crippen LogP contribution in [0.25, 0.3) is 0 Å². The molecule has 4 nitrogen and oxygen atoms in total. The van der Waals surface area contributed by atoms with Crippen LogP contribution in [0.15, 0.2) is 91.0 Å². The van der Waals surface area contributed by atoms with Crippen molar-refractivity contribution in [1.82, 2.24) is 9.78 Å². The van der Waals surface area contributed by atoms with Crippen LogP contribution in [-0.2, 0) is 13.5 Å². The zero-order valence-electron chi connectivity index (χ0n) is 17.5. The molecule has 1 aromatic heterocycles. The maximum atomic E-state index is 10.7. The quantitative estimate of drug-likeness (QED) is 0.396. The van der Waals surface area contributed by atoms with E-state index in [0.29, 0.717) is 12.1 Å². The molecule has 0 fully saturated rings. The van der Waals surface area contributed by atoms with Crippen molar-refractivity contribution in [2.24, 2.45) is 7.05 Å². The monoisotopic (exact) mass is 539 g/mol. The van der Waals surface area contributed by atoms with Gasteiger partial charge < -0.3 is 5.11 Å². The van der Waals surface area contributed by atoms with E-state index in [9.17, 15) is 4.79 Å². The van der Waals surface area contributed by atoms with Gasteiger partial charge in [0.1, 0.15) is 10.7 Å². The zero-order chi connectivity index (χ0) is 22.2. The normalized spacial score (nSPS) is 10.5. The number of halogens is 1. The van der Waals surface area contributed by atoms with Crippen LogP contribution >= 0.6 is 11.6 Å². The number of hydrogen-bond acceptors (Lipinski definition) is 2. The van der Waals surface area contributed by atoms with Gasteiger partial charge in [-0.05, 0) is 6.42 Å². The molecule has 31 heavy (non-hydrogen) atoms. The Morgan fingerprint density at radius 2 is 1.26 bits per heavy atom. The van der Waals surface area contributed by atoms with Gasteiger partial charge >= 0.3 is 127 Å². The van der Waals surface area contributed by atoms with Crippen molar-refractivity contribution in [1.29, 1.82) is 0 Å². The summed E-state index contributed by atoms with van der Waals surface area (Å²) in [6, 6.07) is 32.9. The molecule has 0 aliphatic carbocycles. The standard InChI is InChI=1S/C7H9ClN2O2.3C6H5.Sn/c1-3-4-5(7(11)12)6(8)10(2)9-4;3*1-2-4-6-5-3-1;/h3H2,1-2H3,(H,11,12);3*1-5H;. The molecule has 157 valence electrons. The molecule has 0 bridgehead atoms. The molecule has 0 unspecified atom stereocenters. The van der Waals surface area contributed by atoms with Crippen LogP contribution in [-0.4, -0.2) is 40.6 Å². The van der Waals surface area contributed by atoms with Crippen molar-refractivity contribution in [3.8, 4) is 0 Å². The molecule has 0 spiro atoms. The minimum atomic E-state index is -1.98. The number of aromatic nitrogens is 2. The van der Waals surface area contributed by atoms with Crippen LogP contribution in [0.3, 0.4) is 0 Å². The Morgan fingerprint density at radius 1 is 0.871 bits per heavy atom. The van der Waals surface area contributed by atoms with E-state index in [1.165, 1.54) is 15.4 Å². The van der Waals surface area contributed by atoms with E-state index in [2.05, 4.69) is 96.1 Å². The molecule has 1 heterocycles. The SMILES string of the molecule is CCc1nn(C)c(Cl)c1C(=O)O.c1cc[c]([Sn]([c]2ccccc2)[c]2ccccc2)cc1. The first-order chi connectivity index (χ1) is 15.0. The molecule has 4 aromatic rings. The van der Waals surface area contributed by atoms with Gasteiger partial charge in [-0.2, -0.15) is 5.10 Å². The average molecular weight is 539 g/mol. The molecule has 0 saturated carbocycles. The number of carbonyl (C=O) groups is 1. The minimum absolute atomic E-state index is 0.113. The number of hydrogen-bond donors (Lipinski definition) is 1. The number of nitrogens with zero attached hydrogens (tertiary/aromatic N) is 2. The van der Waals surface area contributed by atoms with E-state index >= 15 is 0 Å². The molecule has 4 rings (SSSR count). The first-order valence-corrected chi connectivity index (χ1v) is 14.7. The summed E-state index contributed by atoms with van der Waals surface area (Å²) < 4.78 is 5.95. The number of carboxylic acids is 1. The summed E-state index contributed by atoms with van der Waals surface area (Å²) in [6.45, 7) is 1.84. The van der Waals surface area contributed by atoms with Gasteiger partial charge in [0.15, 0.2) is 0 Å². The van der Waals surface area contributed by atoms with Gasteiger partial charge in [0, 0.05) is 7.05 Å². The van der Waals surface area contributed by atoms with Crippen LogP contribution in [0.5, 0.6) is 0 Å². The summed E-state index contributed by atoms with van der Waals surface area (Å²) in [4.78, 5) is 10.7. The van der Waals surface area contributed by atoms with Crippen LogP contribution in [0.2, 0.25) is 5.15 Å². The van der Waals surface area contributed by atoms with E-state index in [-0.39, 0.29) is 10.7 Å². The van der Waals surface area contributed by atoms with Crippen LogP contribution in [0.4, 0.5) is 0 Å². The Morgan fingerprint density at radius 3 is 1.55 bits per heavy atom. The second-order valence-corrected chi connectivity index (χ2v) is 14.3. The second kappa shape index (κ2) is 11.2. The fraction of sp³-hybridized carbons (Fsp3) is 0.120. The Kier molecular flexibility index (Phi) is 8.32. The molecule has 6 heteroatoms. The van der Waals surface area contributed by atoms with Gasteiger partial charge in [-0.1, -0.05) is 18.5 Å². The molecule has 3 aromatic carbocycles. The number of aromatic carboxylic acids is 1. The summed E-state index contributed by atoms with van der Waals surface area (Å²) in [6.07, 6.45) is 0.572. The van der Waals surface area contributed by atoms with E-state index in [4.69, 9.17) is 16.7 Å². The third-order valence-electron chi connectivity index (χ3n) is 4.79. The van der Waals surface area contributed by atoms with Gasteiger partial charge in [0.2, 0.25) is 0 Å². The Bertz CT molecular complexity index is 1020. The first kappa shape index (κ1) is 23.1. The van der Waals surface area contributed by atoms with Crippen molar-refractivity contribution in [2.45, 2.75) is 13.3 Å². The van der Waals surface area contributed by atoms with Crippen LogP contribution < -0.4 is 10.7 Å². The molecule has 0 aliphatic heterocycles. The van der Waals surface area contributed by atoms with E-state index in [1.807, 2.05) is 6.92 Å². The predicted molar refractivity (Wildman–Crippen MR) is 129 cm³/mol. The third-order valence-corrected chi connectivity index (χ3v) is 13.0. The number of carboxylic acid groups (broad SMARTS) is 1. The van der Waals surface area contributed by atoms with E-state index in [0.717, 1.165) is 0 Å². The van der Waals surface area contributed by atoms with Crippen LogP contribution in [0, 0.1) is 0 Å². The molecule has 1 radical (unpaired) electrons. The fourth-order valence-electron chi connectivity index (χ4n) is 3.33. The van der Waals surface area contributed by atoms with E-state index < -0.39 is 25.7 Å². The summed E-state index contributed by atoms with van der Waals surface area (Å²) in [5, 5.41) is 12.9. The van der Waals surface area contributed by atoms with Crippen molar-refractivity contribution in [2.75, 3.05) is 0 Å². The number of aryl methyl sites for hydroxylation is 2. The zero-order valence-corrected chi connectivity index (χ0v) is 21.1. The fourth-order valence-corrected chi connectivity index (χ4v) is 10.9. The molecular weight excluding hydrogens is 514 g/mol. The topological polar surface area (TPSA) is 55.1 Å².